The van der Waals surface area contributed by atoms with Crippen LogP contribution >= 0.6 is 0 Å². The predicted octanol–water partition coefficient (Wildman–Crippen LogP) is 2.27. The van der Waals surface area contributed by atoms with Crippen LogP contribution in [0.4, 0.5) is 0 Å². The maximum absolute atomic E-state index is 10.6. The van der Waals surface area contributed by atoms with Gasteiger partial charge >= 0.3 is 5.97 Å². The Kier molecular flexibility index (Phi) is 4.23. The Balaban J connectivity index is 1.86. The predicted molar refractivity (Wildman–Crippen MR) is 70.0 cm³/mol. The molecule has 0 bridgehead atoms. The first kappa shape index (κ1) is 12.8. The maximum Gasteiger partial charge on any atom is 0.356 e. The molecule has 1 heterocycles. The van der Waals surface area contributed by atoms with Crippen molar-refractivity contribution in [1.29, 1.82) is 0 Å². The Bertz CT molecular complexity index is 565. The van der Waals surface area contributed by atoms with Crippen molar-refractivity contribution in [2.45, 2.75) is 0 Å². The van der Waals surface area contributed by atoms with Crippen LogP contribution in [0, 0.1) is 0 Å². The van der Waals surface area contributed by atoms with E-state index in [-0.39, 0.29) is 5.69 Å². The van der Waals surface area contributed by atoms with Crippen LogP contribution < -0.4 is 4.74 Å². The summed E-state index contributed by atoms with van der Waals surface area (Å²) in [6.07, 6.45) is 3.78. The highest BCUT2D eigenvalue weighted by Crippen LogP contribution is 2.05. The van der Waals surface area contributed by atoms with Crippen LogP contribution in [0.2, 0.25) is 0 Å². The van der Waals surface area contributed by atoms with Crippen molar-refractivity contribution < 1.29 is 14.6 Å². The molecular weight excluding hydrogens is 244 g/mol. The molecule has 0 saturated heterocycles. The van der Waals surface area contributed by atoms with E-state index in [0.29, 0.717) is 12.5 Å². The second kappa shape index (κ2) is 6.30. The zero-order valence-electron chi connectivity index (χ0n) is 10.1. The number of carbonyl (C=O) groups is 1. The first-order valence-corrected chi connectivity index (χ1v) is 5.67. The number of carboxylic acid groups (broad SMARTS) is 1. The first-order valence-electron chi connectivity index (χ1n) is 5.67. The lowest BCUT2D eigenvalue weighted by atomic mass is 10.2. The quantitative estimate of drug-likeness (QED) is 0.888. The molecule has 0 saturated carbocycles. The lowest BCUT2D eigenvalue weighted by Crippen LogP contribution is -2.03. The van der Waals surface area contributed by atoms with Crippen LogP contribution in [0.15, 0.2) is 48.5 Å². The minimum absolute atomic E-state index is 0.104. The molecule has 0 aliphatic heterocycles. The molecule has 0 aliphatic carbocycles. The third-order valence-corrected chi connectivity index (χ3v) is 2.30. The number of hydrogen-bond acceptors (Lipinski definition) is 4. The van der Waals surface area contributed by atoms with Gasteiger partial charge in [-0.2, -0.15) is 0 Å². The molecule has 5 heteroatoms. The summed E-state index contributed by atoms with van der Waals surface area (Å²) in [5.74, 6) is -0.814. The second-order valence-corrected chi connectivity index (χ2v) is 3.69. The van der Waals surface area contributed by atoms with E-state index in [4.69, 9.17) is 9.84 Å². The van der Waals surface area contributed by atoms with Gasteiger partial charge in [-0.25, -0.2) is 4.79 Å². The van der Waals surface area contributed by atoms with Gasteiger partial charge in [0.05, 0.1) is 0 Å². The molecule has 5 nitrogen and oxygen atoms in total. The average Bonchev–Trinajstić information content (AvgIpc) is 2.45. The monoisotopic (exact) mass is 256 g/mol. The fraction of sp³-hybridized carbons (Fsp3) is 0.0714. The van der Waals surface area contributed by atoms with Crippen molar-refractivity contribution in [3.63, 3.8) is 0 Å². The minimum atomic E-state index is -1.11. The normalized spacial score (nSPS) is 10.5. The molecule has 2 rings (SSSR count). The lowest BCUT2D eigenvalue weighted by molar-refractivity contribution is 0.0689. The highest BCUT2D eigenvalue weighted by molar-refractivity contribution is 5.84. The van der Waals surface area contributed by atoms with Gasteiger partial charge in [0.2, 0.25) is 5.88 Å². The Labute approximate surface area is 110 Å². The molecule has 0 unspecified atom stereocenters. The van der Waals surface area contributed by atoms with Gasteiger partial charge in [0.25, 0.3) is 0 Å². The van der Waals surface area contributed by atoms with Gasteiger partial charge in [-0.1, -0.05) is 36.4 Å². The molecule has 1 aromatic heterocycles. The van der Waals surface area contributed by atoms with Crippen LogP contribution in [0.5, 0.6) is 5.88 Å². The Morgan fingerprint density at radius 2 is 1.95 bits per heavy atom. The zero-order valence-corrected chi connectivity index (χ0v) is 10.1. The maximum atomic E-state index is 10.6. The number of benzene rings is 1. The topological polar surface area (TPSA) is 72.3 Å². The van der Waals surface area contributed by atoms with E-state index < -0.39 is 5.97 Å². The zero-order chi connectivity index (χ0) is 13.5. The summed E-state index contributed by atoms with van der Waals surface area (Å²) < 4.78 is 5.31. The highest BCUT2D eigenvalue weighted by Gasteiger charge is 2.04. The van der Waals surface area contributed by atoms with Gasteiger partial charge in [-0.05, 0) is 17.7 Å². The second-order valence-electron chi connectivity index (χ2n) is 3.69. The molecule has 1 aromatic carbocycles. The van der Waals surface area contributed by atoms with Crippen molar-refractivity contribution in [2.24, 2.45) is 0 Å². The number of aromatic nitrogens is 2. The van der Waals surface area contributed by atoms with E-state index in [9.17, 15) is 4.79 Å². The fourth-order valence-electron chi connectivity index (χ4n) is 1.39. The van der Waals surface area contributed by atoms with Crippen LogP contribution in [0.3, 0.4) is 0 Å². The lowest BCUT2D eigenvalue weighted by Gasteiger charge is -2.00. The van der Waals surface area contributed by atoms with Crippen LogP contribution in [0.1, 0.15) is 16.1 Å². The Hall–Kier alpha value is -2.69. The summed E-state index contributed by atoms with van der Waals surface area (Å²) in [6, 6.07) is 12.7. The Morgan fingerprint density at radius 3 is 2.58 bits per heavy atom. The number of aromatic carboxylic acids is 1. The minimum Gasteiger partial charge on any atom is -0.476 e. The summed E-state index contributed by atoms with van der Waals surface area (Å²) in [4.78, 5) is 10.6. The average molecular weight is 256 g/mol. The fourth-order valence-corrected chi connectivity index (χ4v) is 1.39. The van der Waals surface area contributed by atoms with E-state index in [2.05, 4.69) is 10.2 Å². The molecule has 0 spiro atoms. The number of ether oxygens (including phenoxy) is 1. The van der Waals surface area contributed by atoms with Crippen molar-refractivity contribution in [3.05, 3.63) is 59.8 Å². The van der Waals surface area contributed by atoms with Crippen molar-refractivity contribution in [3.8, 4) is 5.88 Å². The van der Waals surface area contributed by atoms with Gasteiger partial charge in [0.1, 0.15) is 6.61 Å². The number of nitrogens with zero attached hydrogens (tertiary/aromatic N) is 2. The summed E-state index contributed by atoms with van der Waals surface area (Å²) in [7, 11) is 0. The van der Waals surface area contributed by atoms with Crippen molar-refractivity contribution in [1.82, 2.24) is 10.2 Å². The number of hydrogen-bond donors (Lipinski definition) is 1. The highest BCUT2D eigenvalue weighted by atomic mass is 16.5. The summed E-state index contributed by atoms with van der Waals surface area (Å²) in [6.45, 7) is 0.343. The third-order valence-electron chi connectivity index (χ3n) is 2.30. The van der Waals surface area contributed by atoms with Gasteiger partial charge in [0.15, 0.2) is 5.69 Å². The van der Waals surface area contributed by atoms with Crippen molar-refractivity contribution in [2.75, 3.05) is 6.61 Å². The largest absolute Gasteiger partial charge is 0.476 e. The first-order chi connectivity index (χ1) is 9.25. The molecule has 0 amide bonds. The SMILES string of the molecule is O=C(O)c1ccc(OC/C=C/c2ccccc2)nn1. The smallest absolute Gasteiger partial charge is 0.356 e. The van der Waals surface area contributed by atoms with Crippen molar-refractivity contribution >= 4 is 12.0 Å². The van der Waals surface area contributed by atoms with E-state index in [1.807, 2.05) is 42.5 Å². The summed E-state index contributed by atoms with van der Waals surface area (Å²) in [5, 5.41) is 15.8. The van der Waals surface area contributed by atoms with Gasteiger partial charge < -0.3 is 9.84 Å². The molecule has 19 heavy (non-hydrogen) atoms. The van der Waals surface area contributed by atoms with E-state index in [1.165, 1.54) is 12.1 Å². The molecule has 1 N–H and O–H groups in total. The van der Waals surface area contributed by atoms with E-state index >= 15 is 0 Å². The molecule has 0 aliphatic rings. The molecular formula is C14H12N2O3. The number of rotatable bonds is 5. The summed E-state index contributed by atoms with van der Waals surface area (Å²) in [5.41, 5.74) is 0.977. The molecule has 0 fully saturated rings. The van der Waals surface area contributed by atoms with Crippen LogP contribution in [-0.4, -0.2) is 27.9 Å². The third kappa shape index (κ3) is 3.92. The van der Waals surface area contributed by atoms with Crippen LogP contribution in [-0.2, 0) is 0 Å². The molecule has 0 atom stereocenters. The van der Waals surface area contributed by atoms with E-state index in [1.54, 1.807) is 0 Å². The summed E-state index contributed by atoms with van der Waals surface area (Å²) >= 11 is 0. The molecule has 2 aromatic rings. The van der Waals surface area contributed by atoms with Gasteiger partial charge in [-0.3, -0.25) is 0 Å². The standard InChI is InChI=1S/C14H12N2O3/c17-14(18)12-8-9-13(16-15-12)19-10-4-7-11-5-2-1-3-6-11/h1-9H,10H2,(H,17,18)/b7-4+. The van der Waals surface area contributed by atoms with Gasteiger partial charge in [0, 0.05) is 6.07 Å². The number of carboxylic acids is 1. The van der Waals surface area contributed by atoms with Crippen LogP contribution in [0.25, 0.3) is 6.08 Å². The van der Waals surface area contributed by atoms with Gasteiger partial charge in [-0.15, -0.1) is 10.2 Å². The van der Waals surface area contributed by atoms with E-state index in [0.717, 1.165) is 5.56 Å². The molecule has 0 radical (unpaired) electrons. The molecule has 96 valence electrons. The Morgan fingerprint density at radius 1 is 1.16 bits per heavy atom.